The van der Waals surface area contributed by atoms with Crippen molar-refractivity contribution >= 4 is 30.6 Å². The van der Waals surface area contributed by atoms with E-state index >= 15 is 8.78 Å². The molecule has 1 aliphatic carbocycles. The van der Waals surface area contributed by atoms with Crippen LogP contribution in [0.3, 0.4) is 0 Å². The zero-order chi connectivity index (χ0) is 31.4. The fourth-order valence-electron chi connectivity index (χ4n) is 5.61. The summed E-state index contributed by atoms with van der Waals surface area (Å²) in [7, 11) is 1.20. The Balaban J connectivity index is 1.50. The number of benzene rings is 1. The van der Waals surface area contributed by atoms with E-state index < -0.39 is 35.5 Å². The molecule has 226 valence electrons. The summed E-state index contributed by atoms with van der Waals surface area (Å²) in [4.78, 5) is 21.8. The summed E-state index contributed by atoms with van der Waals surface area (Å²) in [6, 6.07) is 6.32. The summed E-state index contributed by atoms with van der Waals surface area (Å²) in [5.74, 6) is -1.24. The van der Waals surface area contributed by atoms with Crippen LogP contribution in [-0.2, 0) is 16.4 Å². The molecular formula is C31H35BClF2N5O3. The highest BCUT2D eigenvalue weighted by Gasteiger charge is 2.64. The molecule has 12 heteroatoms. The minimum Gasteiger partial charge on any atom is -0.403 e. The molecule has 5 rings (SSSR count). The van der Waals surface area contributed by atoms with Crippen LogP contribution in [-0.4, -0.2) is 43.4 Å². The molecule has 2 aliphatic rings. The number of allylic oxidation sites excluding steroid dienone is 2. The van der Waals surface area contributed by atoms with Gasteiger partial charge in [0, 0.05) is 30.3 Å². The maximum atomic E-state index is 16.0. The summed E-state index contributed by atoms with van der Waals surface area (Å²) < 4.78 is 46.8. The van der Waals surface area contributed by atoms with E-state index in [1.807, 2.05) is 27.7 Å². The molecule has 43 heavy (non-hydrogen) atoms. The largest absolute Gasteiger partial charge is 0.462 e. The van der Waals surface area contributed by atoms with Gasteiger partial charge in [0.1, 0.15) is 22.9 Å². The van der Waals surface area contributed by atoms with Gasteiger partial charge < -0.3 is 9.31 Å². The highest BCUT2D eigenvalue weighted by Crippen LogP contribution is 2.63. The van der Waals surface area contributed by atoms with E-state index in [0.717, 1.165) is 10.8 Å². The number of nitrogens with zero attached hydrogens (tertiary/aromatic N) is 5. The fourth-order valence-corrected chi connectivity index (χ4v) is 5.88. The smallest absolute Gasteiger partial charge is 0.403 e. The van der Waals surface area contributed by atoms with E-state index in [1.165, 1.54) is 29.3 Å². The first-order valence-corrected chi connectivity index (χ1v) is 14.5. The zero-order valence-corrected chi connectivity index (χ0v) is 26.3. The van der Waals surface area contributed by atoms with Gasteiger partial charge in [0.05, 0.1) is 23.0 Å². The van der Waals surface area contributed by atoms with Crippen LogP contribution in [0.5, 0.6) is 0 Å². The van der Waals surface area contributed by atoms with Crippen molar-refractivity contribution in [2.24, 2.45) is 18.0 Å². The van der Waals surface area contributed by atoms with Crippen molar-refractivity contribution < 1.29 is 18.1 Å². The first-order chi connectivity index (χ1) is 20.2. The van der Waals surface area contributed by atoms with E-state index in [4.69, 9.17) is 20.9 Å². The van der Waals surface area contributed by atoms with Crippen LogP contribution in [0.4, 0.5) is 8.78 Å². The second-order valence-electron chi connectivity index (χ2n) is 12.1. The van der Waals surface area contributed by atoms with Gasteiger partial charge in [0.15, 0.2) is 11.7 Å². The SMILES string of the molecule is C/C=C/N=C(/C(F)=C/n1c(C)cc(C2C(B3OC(C)(C)C(C)(C)O3)[C@H]2C)c(Cl)c1=O)c1cccc(-c2ncnn2C)c1F. The molecule has 2 aromatic heterocycles. The molecule has 0 N–H and O–H groups in total. The molecule has 2 fully saturated rings. The van der Waals surface area contributed by atoms with Gasteiger partial charge in [-0.2, -0.15) is 5.10 Å². The van der Waals surface area contributed by atoms with Gasteiger partial charge in [-0.05, 0) is 77.1 Å². The summed E-state index contributed by atoms with van der Waals surface area (Å²) >= 11 is 6.65. The van der Waals surface area contributed by atoms with Gasteiger partial charge in [0.25, 0.3) is 5.56 Å². The molecule has 0 radical (unpaired) electrons. The molecule has 0 bridgehead atoms. The number of hydrogen-bond donors (Lipinski definition) is 0. The third-order valence-electron chi connectivity index (χ3n) is 8.82. The normalized spacial score (nSPS) is 23.4. The Morgan fingerprint density at radius 3 is 2.49 bits per heavy atom. The van der Waals surface area contributed by atoms with Crippen molar-refractivity contribution in [3.05, 3.63) is 86.7 Å². The van der Waals surface area contributed by atoms with E-state index in [9.17, 15) is 4.79 Å². The summed E-state index contributed by atoms with van der Waals surface area (Å²) in [6.07, 6.45) is 5.24. The van der Waals surface area contributed by atoms with E-state index in [2.05, 4.69) is 22.0 Å². The monoisotopic (exact) mass is 609 g/mol. The summed E-state index contributed by atoms with van der Waals surface area (Å²) in [5, 5.41) is 3.99. The zero-order valence-electron chi connectivity index (χ0n) is 25.5. The van der Waals surface area contributed by atoms with Crippen LogP contribution in [0.1, 0.15) is 64.3 Å². The second kappa shape index (κ2) is 11.3. The molecule has 1 saturated carbocycles. The number of rotatable bonds is 7. The molecule has 1 aliphatic heterocycles. The summed E-state index contributed by atoms with van der Waals surface area (Å²) in [6.45, 7) is 13.5. The van der Waals surface area contributed by atoms with Crippen LogP contribution in [0.15, 0.2) is 58.5 Å². The Bertz CT molecular complexity index is 1710. The lowest BCUT2D eigenvalue weighted by molar-refractivity contribution is 0.00578. The summed E-state index contributed by atoms with van der Waals surface area (Å²) in [5.41, 5.74) is -0.658. The molecule has 2 unspecified atom stereocenters. The molecule has 1 saturated heterocycles. The lowest BCUT2D eigenvalue weighted by Crippen LogP contribution is -2.41. The highest BCUT2D eigenvalue weighted by molar-refractivity contribution is 6.49. The average molecular weight is 610 g/mol. The molecule has 3 aromatic rings. The van der Waals surface area contributed by atoms with Gasteiger partial charge >= 0.3 is 7.12 Å². The third kappa shape index (κ3) is 5.43. The first-order valence-electron chi connectivity index (χ1n) is 14.2. The minimum atomic E-state index is -0.920. The average Bonchev–Trinajstić information content (AvgIpc) is 3.30. The number of aliphatic imine (C=N–C) groups is 1. The molecule has 0 spiro atoms. The lowest BCUT2D eigenvalue weighted by Gasteiger charge is -2.32. The molecular weight excluding hydrogens is 575 g/mol. The van der Waals surface area contributed by atoms with Crippen molar-refractivity contribution in [2.45, 2.75) is 71.4 Å². The third-order valence-corrected chi connectivity index (χ3v) is 9.20. The van der Waals surface area contributed by atoms with E-state index in [0.29, 0.717) is 11.3 Å². The number of halogens is 3. The predicted molar refractivity (Wildman–Crippen MR) is 165 cm³/mol. The van der Waals surface area contributed by atoms with E-state index in [1.54, 1.807) is 39.1 Å². The topological polar surface area (TPSA) is 83.5 Å². The van der Waals surface area contributed by atoms with Crippen LogP contribution >= 0.6 is 11.6 Å². The number of pyridine rings is 1. The van der Waals surface area contributed by atoms with Crippen LogP contribution in [0, 0.1) is 18.7 Å². The quantitative estimate of drug-likeness (QED) is 0.219. The fraction of sp³-hybridized carbons (Fsp3) is 0.419. The molecule has 3 heterocycles. The lowest BCUT2D eigenvalue weighted by atomic mass is 9.79. The Morgan fingerprint density at radius 2 is 1.88 bits per heavy atom. The standard InChI is InChI=1S/C31H35BClF2N5O3/c1-9-13-36-27(19-11-10-12-20(26(19)35)28-37-16-38-39(28)8)22(34)15-40-17(2)14-21(25(33)29(40)41)23-18(3)24(23)32-42-30(4,5)31(6,7)43-32/h9-16,18,23-24H,1-8H3/b13-9+,22-15-,36-27+/t18-,23?,24?/m0/s1. The van der Waals surface area contributed by atoms with E-state index in [-0.39, 0.29) is 45.3 Å². The van der Waals surface area contributed by atoms with Crippen molar-refractivity contribution in [1.82, 2.24) is 19.3 Å². The highest BCUT2D eigenvalue weighted by atomic mass is 35.5. The van der Waals surface area contributed by atoms with Gasteiger partial charge in [-0.3, -0.25) is 14.4 Å². The van der Waals surface area contributed by atoms with Gasteiger partial charge in [-0.25, -0.2) is 18.4 Å². The molecule has 1 aromatic carbocycles. The number of aryl methyl sites for hydroxylation is 2. The number of hydrogen-bond acceptors (Lipinski definition) is 6. The minimum absolute atomic E-state index is 0.00656. The van der Waals surface area contributed by atoms with Crippen LogP contribution in [0.25, 0.3) is 17.6 Å². The van der Waals surface area contributed by atoms with Crippen molar-refractivity contribution in [3.8, 4) is 11.4 Å². The molecule has 8 nitrogen and oxygen atoms in total. The van der Waals surface area contributed by atoms with Crippen LogP contribution < -0.4 is 5.56 Å². The van der Waals surface area contributed by atoms with Crippen molar-refractivity contribution in [2.75, 3.05) is 0 Å². The van der Waals surface area contributed by atoms with Gasteiger partial charge in [-0.1, -0.05) is 30.7 Å². The molecule has 0 amide bonds. The Morgan fingerprint density at radius 1 is 1.21 bits per heavy atom. The first kappa shape index (κ1) is 31.0. The second-order valence-corrected chi connectivity index (χ2v) is 12.5. The Labute approximate surface area is 255 Å². The van der Waals surface area contributed by atoms with Gasteiger partial charge in [-0.15, -0.1) is 0 Å². The number of aromatic nitrogens is 4. The predicted octanol–water partition coefficient (Wildman–Crippen LogP) is 6.73. The van der Waals surface area contributed by atoms with Crippen molar-refractivity contribution in [1.29, 1.82) is 0 Å². The molecule has 3 atom stereocenters. The Hall–Kier alpha value is -3.41. The van der Waals surface area contributed by atoms with Crippen molar-refractivity contribution in [3.63, 3.8) is 0 Å². The van der Waals surface area contributed by atoms with Gasteiger partial charge in [0.2, 0.25) is 0 Å². The maximum Gasteiger partial charge on any atom is 0.462 e. The van der Waals surface area contributed by atoms with Crippen LogP contribution in [0.2, 0.25) is 10.8 Å². The Kier molecular flexibility index (Phi) is 8.13. The maximum absolute atomic E-state index is 16.0.